The Morgan fingerprint density at radius 3 is 1.34 bits per heavy atom. The van der Waals surface area contributed by atoms with Crippen molar-refractivity contribution in [2.24, 2.45) is 0 Å². The third-order valence-electron chi connectivity index (χ3n) is 18.3. The molecule has 8 nitrogen and oxygen atoms in total. The fourth-order valence-corrected chi connectivity index (χ4v) is 14.6. The number of rotatable bonds is 8. The van der Waals surface area contributed by atoms with Crippen molar-refractivity contribution in [3.05, 3.63) is 319 Å². The number of anilines is 6. The smallest absolute Gasteiger partial charge is 0.252 e. The van der Waals surface area contributed by atoms with E-state index in [1.807, 2.05) is 0 Å². The maximum absolute atomic E-state index is 11.4. The summed E-state index contributed by atoms with van der Waals surface area (Å²) < 4.78 is 4.46. The van der Waals surface area contributed by atoms with Gasteiger partial charge in [-0.15, -0.1) is 0 Å². The lowest BCUT2D eigenvalue weighted by molar-refractivity contribution is 1.15. The lowest BCUT2D eigenvalue weighted by Gasteiger charge is -2.46. The van der Waals surface area contributed by atoms with Crippen LogP contribution in [0.5, 0.6) is 0 Å². The summed E-state index contributed by atoms with van der Waals surface area (Å²) in [6.07, 6.45) is 0. The topological polar surface area (TPSA) is 72.6 Å². The number of fused-ring (bicyclic) bond motifs is 10. The van der Waals surface area contributed by atoms with Crippen molar-refractivity contribution in [2.75, 3.05) is 9.80 Å². The summed E-state index contributed by atoms with van der Waals surface area (Å²) in [5.74, 6) is 0. The van der Waals surface area contributed by atoms with Crippen LogP contribution >= 0.6 is 0 Å². The number of hydrogen-bond donors (Lipinski definition) is 0. The summed E-state index contributed by atoms with van der Waals surface area (Å²) in [4.78, 5) is 13.0. The minimum absolute atomic E-state index is 0.245. The Balaban J connectivity index is 1.09. The van der Waals surface area contributed by atoms with Crippen molar-refractivity contribution >= 4 is 112 Å². The van der Waals surface area contributed by atoms with Gasteiger partial charge in [0.2, 0.25) is 5.69 Å². The van der Waals surface area contributed by atoms with Gasteiger partial charge in [-0.05, 0) is 117 Å². The van der Waals surface area contributed by atoms with Gasteiger partial charge in [0.25, 0.3) is 6.71 Å². The zero-order chi connectivity index (χ0) is 60.8. The van der Waals surface area contributed by atoms with E-state index in [2.05, 4.69) is 302 Å². The van der Waals surface area contributed by atoms with Crippen molar-refractivity contribution in [1.29, 1.82) is 10.5 Å². The molecule has 0 amide bonds. The zero-order valence-corrected chi connectivity index (χ0v) is 48.8. The van der Waals surface area contributed by atoms with Crippen LogP contribution in [-0.4, -0.2) is 15.8 Å². The summed E-state index contributed by atoms with van der Waals surface area (Å²) in [6.45, 7) is 16.8. The van der Waals surface area contributed by atoms with E-state index in [1.165, 1.54) is 10.8 Å². The zero-order valence-electron chi connectivity index (χ0n) is 48.8. The van der Waals surface area contributed by atoms with Crippen molar-refractivity contribution in [1.82, 2.24) is 9.13 Å². The van der Waals surface area contributed by atoms with Crippen LogP contribution in [0.15, 0.2) is 285 Å². The standard InChI is InChI=1S/C82H47BN8/c1-86-58-45-68-67-44-52(50-84)43-57(51-85)79(67)89(82(68)71(46-58)87-2)60-48-76-78-77(49-60)91(81-63(55-27-11-5-12-28-55)35-22-36-64(81)56-29-13-6-14-30-56)75-42-41-59(88-72-38-18-15-31-65(72)66-32-16-19-39-73(66)88)47-70(75)83(78)69-37-17-20-40-74(69)90(76)80-61(53-23-7-3-8-24-53)33-21-34-62(80)54-25-9-4-10-26-54/h3-49H. The van der Waals surface area contributed by atoms with Gasteiger partial charge in [0, 0.05) is 72.5 Å². The third-order valence-corrected chi connectivity index (χ3v) is 18.3. The van der Waals surface area contributed by atoms with E-state index >= 15 is 0 Å². The normalized spacial score (nSPS) is 12.1. The molecule has 13 aromatic carbocycles. The van der Waals surface area contributed by atoms with E-state index in [0.29, 0.717) is 33.1 Å². The molecule has 2 aromatic heterocycles. The van der Waals surface area contributed by atoms with Gasteiger partial charge in [-0.3, -0.25) is 0 Å². The molecule has 0 atom stereocenters. The van der Waals surface area contributed by atoms with E-state index < -0.39 is 0 Å². The van der Waals surface area contributed by atoms with E-state index in [0.717, 1.165) is 112 Å². The fourth-order valence-electron chi connectivity index (χ4n) is 14.6. The molecule has 2 aliphatic rings. The average Bonchev–Trinajstić information content (AvgIpc) is 1.25. The summed E-state index contributed by atoms with van der Waals surface area (Å²) in [7, 11) is 0. The van der Waals surface area contributed by atoms with Gasteiger partial charge in [-0.2, -0.15) is 10.5 Å². The molecule has 91 heavy (non-hydrogen) atoms. The molecule has 0 aliphatic carbocycles. The molecule has 0 bridgehead atoms. The van der Waals surface area contributed by atoms with Crippen molar-refractivity contribution in [3.8, 4) is 68.0 Å². The quantitative estimate of drug-likeness (QED) is 0.112. The summed E-state index contributed by atoms with van der Waals surface area (Å²) in [6, 6.07) is 105. The molecule has 9 heteroatoms. The van der Waals surface area contributed by atoms with Crippen LogP contribution in [0.1, 0.15) is 11.1 Å². The Morgan fingerprint density at radius 1 is 0.352 bits per heavy atom. The minimum atomic E-state index is -0.370. The molecule has 0 unspecified atom stereocenters. The Morgan fingerprint density at radius 2 is 0.835 bits per heavy atom. The van der Waals surface area contributed by atoms with Gasteiger partial charge < -0.3 is 18.9 Å². The van der Waals surface area contributed by atoms with Crippen LogP contribution in [0.4, 0.5) is 45.5 Å². The molecule has 0 fully saturated rings. The van der Waals surface area contributed by atoms with Gasteiger partial charge in [0.05, 0.1) is 63.8 Å². The Kier molecular flexibility index (Phi) is 12.0. The average molecular weight is 1160 g/mol. The molecule has 0 saturated heterocycles. The fraction of sp³-hybridized carbons (Fsp3) is 0. The molecule has 0 radical (unpaired) electrons. The van der Waals surface area contributed by atoms with Crippen molar-refractivity contribution in [3.63, 3.8) is 0 Å². The Labute approximate surface area is 525 Å². The Hall–Kier alpha value is -12.9. The molecule has 15 aromatic rings. The van der Waals surface area contributed by atoms with Gasteiger partial charge in [0.1, 0.15) is 6.07 Å². The predicted molar refractivity (Wildman–Crippen MR) is 373 cm³/mol. The maximum Gasteiger partial charge on any atom is 0.252 e. The lowest BCUT2D eigenvalue weighted by atomic mass is 9.33. The van der Waals surface area contributed by atoms with Crippen LogP contribution in [0.25, 0.3) is 109 Å². The summed E-state index contributed by atoms with van der Waals surface area (Å²) >= 11 is 0. The van der Waals surface area contributed by atoms with Gasteiger partial charge >= 0.3 is 0 Å². The number of aromatic nitrogens is 2. The number of para-hydroxylation sites is 5. The molecular weight excluding hydrogens is 1110 g/mol. The van der Waals surface area contributed by atoms with Crippen LogP contribution in [0.2, 0.25) is 0 Å². The summed E-state index contributed by atoms with van der Waals surface area (Å²) in [5.41, 5.74) is 23.2. The van der Waals surface area contributed by atoms with E-state index in [4.69, 9.17) is 13.1 Å². The summed E-state index contributed by atoms with van der Waals surface area (Å²) in [5, 5.41) is 25.5. The minimum Gasteiger partial charge on any atom is -0.318 e. The first-order valence-electron chi connectivity index (χ1n) is 30.2. The van der Waals surface area contributed by atoms with E-state index in [9.17, 15) is 10.5 Å². The van der Waals surface area contributed by atoms with Crippen LogP contribution in [0, 0.1) is 35.8 Å². The van der Waals surface area contributed by atoms with Crippen LogP contribution in [-0.2, 0) is 0 Å². The first-order valence-corrected chi connectivity index (χ1v) is 30.2. The predicted octanol–water partition coefficient (Wildman–Crippen LogP) is 19.5. The molecule has 0 N–H and O–H groups in total. The molecule has 4 heterocycles. The van der Waals surface area contributed by atoms with E-state index in [1.54, 1.807) is 24.3 Å². The largest absolute Gasteiger partial charge is 0.318 e. The second kappa shape index (κ2) is 20.9. The van der Waals surface area contributed by atoms with Crippen molar-refractivity contribution < 1.29 is 0 Å². The second-order valence-corrected chi connectivity index (χ2v) is 23.1. The lowest BCUT2D eigenvalue weighted by Crippen LogP contribution is -2.61. The molecule has 0 spiro atoms. The first kappa shape index (κ1) is 52.4. The van der Waals surface area contributed by atoms with Crippen LogP contribution in [0.3, 0.4) is 0 Å². The molecule has 418 valence electrons. The highest BCUT2D eigenvalue weighted by atomic mass is 15.2. The monoisotopic (exact) mass is 1150 g/mol. The molecular formula is C82H47BN8. The highest BCUT2D eigenvalue weighted by molar-refractivity contribution is 7.00. The highest BCUT2D eigenvalue weighted by Gasteiger charge is 2.46. The molecule has 17 rings (SSSR count). The Bertz CT molecular complexity index is 5450. The second-order valence-electron chi connectivity index (χ2n) is 23.1. The van der Waals surface area contributed by atoms with Gasteiger partial charge in [0.15, 0.2) is 5.69 Å². The van der Waals surface area contributed by atoms with E-state index in [-0.39, 0.29) is 23.7 Å². The van der Waals surface area contributed by atoms with Gasteiger partial charge in [-0.25, -0.2) is 9.69 Å². The number of nitriles is 2. The third kappa shape index (κ3) is 8.00. The number of hydrogen-bond acceptors (Lipinski definition) is 4. The SMILES string of the molecule is [C-]#[N+]c1cc([N+]#[C-])c2c(c1)c1cc(C#N)cc(C#N)c1n2-c1cc2c3c(c1)N(c1c(-c4ccccc4)cccc1-c1ccccc1)c1ccc(-n4c5ccccc5c5ccccc54)cc1B3c1ccccc1N2c1c(-c2ccccc2)cccc1-c1ccccc1. The van der Waals surface area contributed by atoms with Crippen molar-refractivity contribution in [2.45, 2.75) is 0 Å². The van der Waals surface area contributed by atoms with Gasteiger partial charge in [-0.1, -0.05) is 212 Å². The maximum atomic E-state index is 11.4. The number of benzene rings is 13. The first-order chi connectivity index (χ1) is 45.0. The number of nitrogens with zero attached hydrogens (tertiary/aromatic N) is 8. The molecule has 2 aliphatic heterocycles. The van der Waals surface area contributed by atoms with Crippen LogP contribution < -0.4 is 26.2 Å². The highest BCUT2D eigenvalue weighted by Crippen LogP contribution is 2.54. The molecule has 0 saturated carbocycles.